The van der Waals surface area contributed by atoms with E-state index in [9.17, 15) is 0 Å². The number of hydrogen-bond acceptors (Lipinski definition) is 3. The first-order valence-corrected chi connectivity index (χ1v) is 6.98. The lowest BCUT2D eigenvalue weighted by Crippen LogP contribution is -2.15. The third-order valence-electron chi connectivity index (χ3n) is 3.52. The van der Waals surface area contributed by atoms with Crippen LogP contribution in [0, 0.1) is 0 Å². The first kappa shape index (κ1) is 13.3. The van der Waals surface area contributed by atoms with Crippen LogP contribution < -0.4 is 15.2 Å². The summed E-state index contributed by atoms with van der Waals surface area (Å²) in [6.45, 7) is 0.868. The Hall–Kier alpha value is -1.71. The van der Waals surface area contributed by atoms with E-state index >= 15 is 0 Å². The van der Waals surface area contributed by atoms with Gasteiger partial charge >= 0.3 is 0 Å². The molecule has 4 heteroatoms. The fraction of sp³-hybridized carbons (Fsp3) is 0.250. The summed E-state index contributed by atoms with van der Waals surface area (Å²) < 4.78 is 10.7. The van der Waals surface area contributed by atoms with Gasteiger partial charge in [0.05, 0.1) is 0 Å². The van der Waals surface area contributed by atoms with Gasteiger partial charge in [-0.05, 0) is 48.4 Å². The van der Waals surface area contributed by atoms with Gasteiger partial charge in [0, 0.05) is 10.9 Å². The highest BCUT2D eigenvalue weighted by Gasteiger charge is 2.17. The van der Waals surface area contributed by atoms with Crippen molar-refractivity contribution in [3.05, 3.63) is 58.6 Å². The number of benzene rings is 2. The van der Waals surface area contributed by atoms with Crippen molar-refractivity contribution in [3.8, 4) is 11.5 Å². The van der Waals surface area contributed by atoms with Crippen molar-refractivity contribution in [2.24, 2.45) is 5.73 Å². The molecule has 2 N–H and O–H groups in total. The van der Waals surface area contributed by atoms with Gasteiger partial charge in [-0.3, -0.25) is 0 Å². The molecule has 1 unspecified atom stereocenters. The van der Waals surface area contributed by atoms with E-state index in [1.807, 2.05) is 30.3 Å². The number of fused-ring (bicyclic) bond motifs is 1. The highest BCUT2D eigenvalue weighted by molar-refractivity contribution is 6.30. The van der Waals surface area contributed by atoms with Crippen LogP contribution in [0.2, 0.25) is 5.02 Å². The highest BCUT2D eigenvalue weighted by Crippen LogP contribution is 2.35. The summed E-state index contributed by atoms with van der Waals surface area (Å²) in [4.78, 5) is 0. The molecule has 20 heavy (non-hydrogen) atoms. The minimum absolute atomic E-state index is 0.239. The van der Waals surface area contributed by atoms with Gasteiger partial charge in [-0.1, -0.05) is 29.8 Å². The average molecular weight is 290 g/mol. The number of nitrogens with two attached hydrogens (primary N) is 1. The maximum atomic E-state index is 6.03. The van der Waals surface area contributed by atoms with Crippen molar-refractivity contribution in [3.63, 3.8) is 0 Å². The van der Waals surface area contributed by atoms with Crippen LogP contribution in [-0.4, -0.2) is 13.3 Å². The monoisotopic (exact) mass is 289 g/mol. The Kier molecular flexibility index (Phi) is 3.81. The molecule has 0 aliphatic carbocycles. The van der Waals surface area contributed by atoms with Gasteiger partial charge in [0.15, 0.2) is 11.5 Å². The molecule has 1 atom stereocenters. The van der Waals surface area contributed by atoms with Crippen LogP contribution in [0.15, 0.2) is 42.5 Å². The molecule has 1 heterocycles. The van der Waals surface area contributed by atoms with Crippen molar-refractivity contribution in [1.82, 2.24) is 0 Å². The fourth-order valence-electron chi connectivity index (χ4n) is 2.45. The molecule has 0 radical (unpaired) electrons. The lowest BCUT2D eigenvalue weighted by molar-refractivity contribution is 0.174. The Morgan fingerprint density at radius 2 is 1.95 bits per heavy atom. The Morgan fingerprint density at radius 1 is 1.10 bits per heavy atom. The summed E-state index contributed by atoms with van der Waals surface area (Å²) in [6.07, 6.45) is 0.858. The van der Waals surface area contributed by atoms with Gasteiger partial charge in [0.1, 0.15) is 0 Å². The normalized spacial score (nSPS) is 14.3. The minimum Gasteiger partial charge on any atom is -0.454 e. The van der Waals surface area contributed by atoms with Gasteiger partial charge in [-0.25, -0.2) is 0 Å². The lowest BCUT2D eigenvalue weighted by atomic mass is 9.92. The second-order valence-corrected chi connectivity index (χ2v) is 5.32. The van der Waals surface area contributed by atoms with E-state index in [4.69, 9.17) is 26.8 Å². The number of halogens is 1. The van der Waals surface area contributed by atoms with Gasteiger partial charge in [0.2, 0.25) is 6.79 Å². The van der Waals surface area contributed by atoms with Gasteiger partial charge in [0.25, 0.3) is 0 Å². The zero-order valence-corrected chi connectivity index (χ0v) is 11.8. The van der Waals surface area contributed by atoms with Crippen LogP contribution in [0.25, 0.3) is 0 Å². The zero-order valence-electron chi connectivity index (χ0n) is 11.0. The maximum absolute atomic E-state index is 6.03. The number of hydrogen-bond donors (Lipinski definition) is 1. The Morgan fingerprint density at radius 3 is 2.75 bits per heavy atom. The molecule has 2 aromatic rings. The molecule has 0 saturated heterocycles. The molecule has 3 nitrogen and oxygen atoms in total. The molecule has 0 amide bonds. The molecular formula is C16H16ClNO2. The predicted molar refractivity (Wildman–Crippen MR) is 79.5 cm³/mol. The van der Waals surface area contributed by atoms with Gasteiger partial charge in [-0.2, -0.15) is 0 Å². The molecule has 0 spiro atoms. The summed E-state index contributed by atoms with van der Waals surface area (Å²) in [7, 11) is 0. The Labute approximate surface area is 123 Å². The second-order valence-electron chi connectivity index (χ2n) is 4.88. The fourth-order valence-corrected chi connectivity index (χ4v) is 2.67. The molecule has 104 valence electrons. The average Bonchev–Trinajstić information content (AvgIpc) is 2.92. The SMILES string of the molecule is NCC(Cc1cccc(Cl)c1)c1ccc2c(c1)OCO2. The zero-order chi connectivity index (χ0) is 13.9. The van der Waals surface area contributed by atoms with E-state index < -0.39 is 0 Å². The largest absolute Gasteiger partial charge is 0.454 e. The van der Waals surface area contributed by atoms with Crippen LogP contribution in [0.3, 0.4) is 0 Å². The van der Waals surface area contributed by atoms with Gasteiger partial charge in [-0.15, -0.1) is 0 Å². The first-order chi connectivity index (χ1) is 9.76. The molecule has 0 fully saturated rings. The van der Waals surface area contributed by atoms with Crippen molar-refractivity contribution >= 4 is 11.6 Å². The van der Waals surface area contributed by atoms with Crippen LogP contribution >= 0.6 is 11.6 Å². The van der Waals surface area contributed by atoms with Crippen molar-refractivity contribution in [2.45, 2.75) is 12.3 Å². The smallest absolute Gasteiger partial charge is 0.231 e. The van der Waals surface area contributed by atoms with Crippen molar-refractivity contribution < 1.29 is 9.47 Å². The summed E-state index contributed by atoms with van der Waals surface area (Å²) in [5.41, 5.74) is 8.28. The molecule has 3 rings (SSSR count). The molecule has 0 aromatic heterocycles. The third-order valence-corrected chi connectivity index (χ3v) is 3.76. The van der Waals surface area contributed by atoms with Crippen LogP contribution in [0.4, 0.5) is 0 Å². The standard InChI is InChI=1S/C16H16ClNO2/c17-14-3-1-2-11(7-14)6-13(9-18)12-4-5-15-16(8-12)20-10-19-15/h1-5,7-8,13H,6,9-10,18H2. The summed E-state index contributed by atoms with van der Waals surface area (Å²) >= 11 is 6.03. The molecule has 0 bridgehead atoms. The molecule has 2 aromatic carbocycles. The number of rotatable bonds is 4. The van der Waals surface area contributed by atoms with Crippen molar-refractivity contribution in [2.75, 3.05) is 13.3 Å². The topological polar surface area (TPSA) is 44.5 Å². The van der Waals surface area contributed by atoms with Crippen LogP contribution in [0.1, 0.15) is 17.0 Å². The predicted octanol–water partition coefficient (Wildman–Crippen LogP) is 3.35. The Bertz CT molecular complexity index is 615. The lowest BCUT2D eigenvalue weighted by Gasteiger charge is -2.16. The van der Waals surface area contributed by atoms with Gasteiger partial charge < -0.3 is 15.2 Å². The van der Waals surface area contributed by atoms with E-state index in [0.717, 1.165) is 28.5 Å². The molecule has 1 aliphatic heterocycles. The van der Waals surface area contributed by atoms with E-state index in [1.165, 1.54) is 5.56 Å². The van der Waals surface area contributed by atoms with Crippen molar-refractivity contribution in [1.29, 1.82) is 0 Å². The quantitative estimate of drug-likeness (QED) is 0.939. The van der Waals surface area contributed by atoms with E-state index in [2.05, 4.69) is 12.1 Å². The van der Waals surface area contributed by atoms with E-state index in [1.54, 1.807) is 0 Å². The molecular weight excluding hydrogens is 274 g/mol. The summed E-state index contributed by atoms with van der Waals surface area (Å²) in [6, 6.07) is 13.9. The molecule has 1 aliphatic rings. The summed E-state index contributed by atoms with van der Waals surface area (Å²) in [5, 5.41) is 0.754. The first-order valence-electron chi connectivity index (χ1n) is 6.60. The van der Waals surface area contributed by atoms with E-state index in [0.29, 0.717) is 13.3 Å². The Balaban J connectivity index is 1.83. The number of ether oxygens (including phenoxy) is 2. The second kappa shape index (κ2) is 5.73. The van der Waals surface area contributed by atoms with Crippen LogP contribution in [0.5, 0.6) is 11.5 Å². The minimum atomic E-state index is 0.239. The third kappa shape index (κ3) is 2.74. The van der Waals surface area contributed by atoms with E-state index in [-0.39, 0.29) is 5.92 Å². The maximum Gasteiger partial charge on any atom is 0.231 e. The molecule has 0 saturated carbocycles. The summed E-state index contributed by atoms with van der Waals surface area (Å²) in [5.74, 6) is 1.84. The highest BCUT2D eigenvalue weighted by atomic mass is 35.5. The van der Waals surface area contributed by atoms with Crippen LogP contribution in [-0.2, 0) is 6.42 Å².